The molecule has 0 radical (unpaired) electrons. The van der Waals surface area contributed by atoms with Crippen LogP contribution in [0.15, 0.2) is 48.7 Å². The number of carbonyl (C=O) groups is 2. The van der Waals surface area contributed by atoms with Gasteiger partial charge in [0.2, 0.25) is 17.7 Å². The molecule has 158 valence electrons. The van der Waals surface area contributed by atoms with Crippen LogP contribution in [0.2, 0.25) is 0 Å². The van der Waals surface area contributed by atoms with Crippen LogP contribution in [0, 0.1) is 17.0 Å². The quantitative estimate of drug-likeness (QED) is 0.328. The van der Waals surface area contributed by atoms with Crippen molar-refractivity contribution in [1.29, 1.82) is 0 Å². The smallest absolute Gasteiger partial charge is 0.338 e. The summed E-state index contributed by atoms with van der Waals surface area (Å²) in [5, 5.41) is 29.2. The second kappa shape index (κ2) is 8.86. The standard InChI is InChI=1S/C20H18N6O5/c1-11-4-3-5-15(17(11)19(28)29)24-18-16(26(30)31)10-21-20(25-18)23-14-8-6-13(7-9-14)22-12(2)27/h3-10H,1-2H3,(H,22,27)(H,28,29)(H2,21,23,24,25). The van der Waals surface area contributed by atoms with E-state index in [2.05, 4.69) is 25.9 Å². The molecule has 3 rings (SSSR count). The van der Waals surface area contributed by atoms with Crippen molar-refractivity contribution in [2.45, 2.75) is 13.8 Å². The third-order valence-electron chi connectivity index (χ3n) is 4.17. The SMILES string of the molecule is CC(=O)Nc1ccc(Nc2ncc([N+](=O)[O-])c(Nc3cccc(C)c3C(=O)O)n2)cc1. The van der Waals surface area contributed by atoms with Crippen LogP contribution < -0.4 is 16.0 Å². The zero-order chi connectivity index (χ0) is 22.5. The molecule has 0 saturated carbocycles. The van der Waals surface area contributed by atoms with Gasteiger partial charge in [0, 0.05) is 18.3 Å². The number of benzene rings is 2. The van der Waals surface area contributed by atoms with Gasteiger partial charge in [0.25, 0.3) is 0 Å². The van der Waals surface area contributed by atoms with Crippen molar-refractivity contribution in [3.63, 3.8) is 0 Å². The first-order valence-corrected chi connectivity index (χ1v) is 9.00. The van der Waals surface area contributed by atoms with Crippen molar-refractivity contribution >= 4 is 46.4 Å². The number of amides is 1. The fourth-order valence-electron chi connectivity index (χ4n) is 2.81. The Balaban J connectivity index is 1.92. The molecular formula is C20H18N6O5. The minimum absolute atomic E-state index is 0.0153. The zero-order valence-electron chi connectivity index (χ0n) is 16.5. The number of aromatic carboxylic acids is 1. The summed E-state index contributed by atoms with van der Waals surface area (Å²) in [6, 6.07) is 11.4. The van der Waals surface area contributed by atoms with E-state index >= 15 is 0 Å². The van der Waals surface area contributed by atoms with Crippen molar-refractivity contribution in [3.05, 3.63) is 69.9 Å². The van der Waals surface area contributed by atoms with E-state index in [1.54, 1.807) is 43.3 Å². The Hall–Kier alpha value is -4.54. The number of carbonyl (C=O) groups excluding carboxylic acids is 1. The Bertz CT molecular complexity index is 1160. The molecule has 3 aromatic rings. The number of aryl methyl sites for hydroxylation is 1. The Morgan fingerprint density at radius 1 is 1.06 bits per heavy atom. The van der Waals surface area contributed by atoms with Crippen LogP contribution >= 0.6 is 0 Å². The molecule has 1 heterocycles. The summed E-state index contributed by atoms with van der Waals surface area (Å²) in [6.45, 7) is 3.02. The van der Waals surface area contributed by atoms with Gasteiger partial charge in [-0.3, -0.25) is 14.9 Å². The van der Waals surface area contributed by atoms with E-state index in [9.17, 15) is 24.8 Å². The van der Waals surface area contributed by atoms with Gasteiger partial charge in [-0.1, -0.05) is 12.1 Å². The van der Waals surface area contributed by atoms with Gasteiger partial charge in [-0.2, -0.15) is 4.98 Å². The van der Waals surface area contributed by atoms with Crippen LogP contribution in [0.25, 0.3) is 0 Å². The highest BCUT2D eigenvalue weighted by atomic mass is 16.6. The first-order chi connectivity index (χ1) is 14.7. The Labute approximate surface area is 176 Å². The average Bonchev–Trinajstić information content (AvgIpc) is 2.69. The van der Waals surface area contributed by atoms with E-state index in [0.29, 0.717) is 16.9 Å². The lowest BCUT2D eigenvalue weighted by Crippen LogP contribution is -2.09. The van der Waals surface area contributed by atoms with Gasteiger partial charge in [0.05, 0.1) is 16.2 Å². The van der Waals surface area contributed by atoms with Crippen molar-refractivity contribution in [1.82, 2.24) is 9.97 Å². The van der Waals surface area contributed by atoms with Gasteiger partial charge >= 0.3 is 11.7 Å². The minimum Gasteiger partial charge on any atom is -0.478 e. The summed E-state index contributed by atoms with van der Waals surface area (Å²) in [4.78, 5) is 41.6. The van der Waals surface area contributed by atoms with Gasteiger partial charge < -0.3 is 21.1 Å². The summed E-state index contributed by atoms with van der Waals surface area (Å²) in [6.07, 6.45) is 1.03. The van der Waals surface area contributed by atoms with Crippen LogP contribution in [0.5, 0.6) is 0 Å². The van der Waals surface area contributed by atoms with Crippen LogP contribution in [-0.4, -0.2) is 31.9 Å². The lowest BCUT2D eigenvalue weighted by molar-refractivity contribution is -0.384. The maximum atomic E-state index is 11.6. The zero-order valence-corrected chi connectivity index (χ0v) is 16.5. The van der Waals surface area contributed by atoms with Crippen molar-refractivity contribution in [2.24, 2.45) is 0 Å². The van der Waals surface area contributed by atoms with Gasteiger partial charge in [-0.05, 0) is 42.8 Å². The topological polar surface area (TPSA) is 159 Å². The molecule has 0 unspecified atom stereocenters. The molecule has 0 aliphatic rings. The number of anilines is 5. The molecule has 0 saturated heterocycles. The Morgan fingerprint density at radius 3 is 2.35 bits per heavy atom. The number of carboxylic acids is 1. The lowest BCUT2D eigenvalue weighted by atomic mass is 10.1. The summed E-state index contributed by atoms with van der Waals surface area (Å²) in [7, 11) is 0. The Morgan fingerprint density at radius 2 is 1.74 bits per heavy atom. The highest BCUT2D eigenvalue weighted by molar-refractivity contribution is 5.97. The normalized spacial score (nSPS) is 10.3. The first kappa shape index (κ1) is 21.2. The molecule has 0 aliphatic carbocycles. The van der Waals surface area contributed by atoms with Gasteiger partial charge in [-0.15, -0.1) is 0 Å². The van der Waals surface area contributed by atoms with Crippen LogP contribution in [0.3, 0.4) is 0 Å². The van der Waals surface area contributed by atoms with E-state index in [-0.39, 0.29) is 28.9 Å². The molecule has 0 fully saturated rings. The van der Waals surface area contributed by atoms with Crippen molar-refractivity contribution < 1.29 is 19.6 Å². The fourth-order valence-corrected chi connectivity index (χ4v) is 2.81. The molecule has 4 N–H and O–H groups in total. The number of aromatic nitrogens is 2. The number of carboxylic acid groups (broad SMARTS) is 1. The van der Waals surface area contributed by atoms with Gasteiger partial charge in [0.15, 0.2) is 0 Å². The third kappa shape index (κ3) is 5.09. The predicted octanol–water partition coefficient (Wildman–Crippen LogP) is 3.84. The second-order valence-corrected chi connectivity index (χ2v) is 6.50. The molecule has 0 atom stereocenters. The van der Waals surface area contributed by atoms with Crippen molar-refractivity contribution in [2.75, 3.05) is 16.0 Å². The molecule has 0 bridgehead atoms. The number of rotatable bonds is 7. The molecule has 11 heteroatoms. The highest BCUT2D eigenvalue weighted by Crippen LogP contribution is 2.29. The maximum absolute atomic E-state index is 11.6. The largest absolute Gasteiger partial charge is 0.478 e. The van der Waals surface area contributed by atoms with Gasteiger partial charge in [0.1, 0.15) is 6.20 Å². The summed E-state index contributed by atoms with van der Waals surface area (Å²) in [5.74, 6) is -1.47. The Kier molecular flexibility index (Phi) is 6.05. The first-order valence-electron chi connectivity index (χ1n) is 9.00. The molecule has 1 aromatic heterocycles. The van der Waals surface area contributed by atoms with E-state index in [1.807, 2.05) is 0 Å². The van der Waals surface area contributed by atoms with Crippen LogP contribution in [0.1, 0.15) is 22.8 Å². The molecule has 1 amide bonds. The van der Waals surface area contributed by atoms with E-state index in [4.69, 9.17) is 0 Å². The molecule has 2 aromatic carbocycles. The van der Waals surface area contributed by atoms with Gasteiger partial charge in [-0.25, -0.2) is 9.78 Å². The summed E-state index contributed by atoms with van der Waals surface area (Å²) in [5.41, 5.74) is 1.41. The summed E-state index contributed by atoms with van der Waals surface area (Å²) < 4.78 is 0. The fraction of sp³-hybridized carbons (Fsp3) is 0.100. The summed E-state index contributed by atoms with van der Waals surface area (Å²) >= 11 is 0. The van der Waals surface area contributed by atoms with E-state index in [0.717, 1.165) is 6.20 Å². The number of nitro groups is 1. The minimum atomic E-state index is -1.17. The third-order valence-corrected chi connectivity index (χ3v) is 4.17. The van der Waals surface area contributed by atoms with Crippen LogP contribution in [-0.2, 0) is 4.79 Å². The number of hydrogen-bond acceptors (Lipinski definition) is 8. The molecule has 31 heavy (non-hydrogen) atoms. The average molecular weight is 422 g/mol. The predicted molar refractivity (Wildman–Crippen MR) is 114 cm³/mol. The van der Waals surface area contributed by atoms with Crippen molar-refractivity contribution in [3.8, 4) is 0 Å². The second-order valence-electron chi connectivity index (χ2n) is 6.50. The molecular weight excluding hydrogens is 404 g/mol. The van der Waals surface area contributed by atoms with E-state index in [1.165, 1.54) is 13.0 Å². The number of nitrogens with zero attached hydrogens (tertiary/aromatic N) is 3. The molecule has 0 spiro atoms. The number of hydrogen-bond donors (Lipinski definition) is 4. The monoisotopic (exact) mass is 422 g/mol. The highest BCUT2D eigenvalue weighted by Gasteiger charge is 2.21. The maximum Gasteiger partial charge on any atom is 0.338 e. The van der Waals surface area contributed by atoms with E-state index < -0.39 is 16.6 Å². The molecule has 11 nitrogen and oxygen atoms in total. The molecule has 0 aliphatic heterocycles. The lowest BCUT2D eigenvalue weighted by Gasteiger charge is -2.12. The number of nitrogens with one attached hydrogen (secondary N) is 3. The van der Waals surface area contributed by atoms with Crippen LogP contribution in [0.4, 0.5) is 34.5 Å².